The molecule has 168 valence electrons. The molecular formula is C24H50O3Sn. The van der Waals surface area contributed by atoms with Crippen LogP contribution in [0.2, 0.25) is 8.87 Å². The normalized spacial score (nSPS) is 10.4. The van der Waals surface area contributed by atoms with Gasteiger partial charge in [0.2, 0.25) is 0 Å². The zero-order valence-electron chi connectivity index (χ0n) is 19.7. The third-order valence-electron chi connectivity index (χ3n) is 4.63. The number of carbonyl (C=O) groups excluding carboxylic acids is 1. The molecule has 0 rings (SSSR count). The van der Waals surface area contributed by atoms with Crippen molar-refractivity contribution >= 4 is 27.1 Å². The van der Waals surface area contributed by atoms with Crippen LogP contribution in [-0.4, -0.2) is 33.7 Å². The molecule has 0 heterocycles. The van der Waals surface area contributed by atoms with Crippen LogP contribution >= 0.6 is 0 Å². The van der Waals surface area contributed by atoms with Crippen molar-refractivity contribution in [3.63, 3.8) is 0 Å². The molecule has 0 spiro atoms. The molecule has 0 aromatic rings. The molecule has 4 heteroatoms. The van der Waals surface area contributed by atoms with Crippen LogP contribution in [-0.2, 0) is 14.6 Å². The maximum atomic E-state index is 11.3. The Bertz CT molecular complexity index is 279. The van der Waals surface area contributed by atoms with Gasteiger partial charge in [0.05, 0.1) is 6.61 Å². The summed E-state index contributed by atoms with van der Waals surface area (Å²) in [5.41, 5.74) is 0. The number of rotatable bonds is 20. The van der Waals surface area contributed by atoms with E-state index in [9.17, 15) is 4.79 Å². The second kappa shape index (κ2) is 29.4. The molecule has 0 aliphatic carbocycles. The predicted octanol–water partition coefficient (Wildman–Crippen LogP) is 8.31. The molecule has 0 N–H and O–H groups in total. The Balaban J connectivity index is 0. The number of hydrogen-bond donors (Lipinski definition) is 0. The van der Waals surface area contributed by atoms with Gasteiger partial charge in [0.1, 0.15) is 0 Å². The van der Waals surface area contributed by atoms with E-state index in [4.69, 9.17) is 4.89 Å². The second-order valence-electron chi connectivity index (χ2n) is 7.67. The molecule has 0 bridgehead atoms. The first-order valence-corrected chi connectivity index (χ1v) is 16.3. The molecule has 0 atom stereocenters. The van der Waals surface area contributed by atoms with Crippen molar-refractivity contribution in [2.24, 2.45) is 0 Å². The molecule has 2 radical (unpaired) electrons. The third-order valence-corrected chi connectivity index (χ3v) is 8.67. The van der Waals surface area contributed by atoms with Gasteiger partial charge in [0.15, 0.2) is 0 Å². The summed E-state index contributed by atoms with van der Waals surface area (Å²) in [4.78, 5) is 20.8. The van der Waals surface area contributed by atoms with Crippen LogP contribution < -0.4 is 0 Å². The summed E-state index contributed by atoms with van der Waals surface area (Å²) in [5, 5.41) is 0. The van der Waals surface area contributed by atoms with Crippen LogP contribution in [0, 0.1) is 0 Å². The van der Waals surface area contributed by atoms with Crippen LogP contribution in [0.3, 0.4) is 0 Å². The molecule has 0 aliphatic rings. The van der Waals surface area contributed by atoms with Crippen molar-refractivity contribution in [1.82, 2.24) is 0 Å². The number of unbranched alkanes of at least 4 members (excludes halogenated alkanes) is 11. The van der Waals surface area contributed by atoms with Gasteiger partial charge < -0.3 is 0 Å². The van der Waals surface area contributed by atoms with E-state index in [0.29, 0.717) is 13.0 Å². The van der Waals surface area contributed by atoms with Crippen LogP contribution in [0.5, 0.6) is 0 Å². The van der Waals surface area contributed by atoms with Gasteiger partial charge in [-0.2, -0.15) is 4.89 Å². The van der Waals surface area contributed by atoms with E-state index < -0.39 is 0 Å². The summed E-state index contributed by atoms with van der Waals surface area (Å²) in [5.74, 6) is -0.223. The molecule has 0 aromatic heterocycles. The van der Waals surface area contributed by atoms with Gasteiger partial charge in [-0.25, -0.2) is 4.79 Å². The predicted molar refractivity (Wildman–Crippen MR) is 124 cm³/mol. The van der Waals surface area contributed by atoms with Gasteiger partial charge in [-0.1, -0.05) is 71.6 Å². The molecule has 0 aromatic carbocycles. The van der Waals surface area contributed by atoms with E-state index in [1.165, 1.54) is 70.6 Å². The average Bonchev–Trinajstić information content (AvgIpc) is 2.70. The van der Waals surface area contributed by atoms with Crippen LogP contribution in [0.4, 0.5) is 0 Å². The first-order chi connectivity index (χ1) is 13.7. The summed E-state index contributed by atoms with van der Waals surface area (Å²) >= 11 is 0.149. The zero-order chi connectivity index (χ0) is 21.1. The van der Waals surface area contributed by atoms with Crippen LogP contribution in [0.25, 0.3) is 0 Å². The van der Waals surface area contributed by atoms with Gasteiger partial charge in [-0.05, 0) is 12.8 Å². The Hall–Kier alpha value is 0.229. The molecule has 0 saturated carbocycles. The average molecular weight is 505 g/mol. The SMILES string of the molecule is CCCCCCCCCCCC(=O)OOCCCC.CCC[CH2][Sn][CH2]CCC. The molecule has 0 saturated heterocycles. The van der Waals surface area contributed by atoms with E-state index >= 15 is 0 Å². The fourth-order valence-electron chi connectivity index (χ4n) is 2.66. The van der Waals surface area contributed by atoms with E-state index in [1.807, 2.05) is 0 Å². The Morgan fingerprint density at radius 3 is 1.57 bits per heavy atom. The molecule has 0 fully saturated rings. The fourth-order valence-corrected chi connectivity index (χ4v) is 6.82. The minimum absolute atomic E-state index is 0.149. The van der Waals surface area contributed by atoms with E-state index in [-0.39, 0.29) is 27.1 Å². The van der Waals surface area contributed by atoms with E-state index in [2.05, 4.69) is 32.6 Å². The number of carbonyl (C=O) groups is 1. The van der Waals surface area contributed by atoms with E-state index in [1.54, 1.807) is 8.87 Å². The first-order valence-electron chi connectivity index (χ1n) is 12.3. The maximum absolute atomic E-state index is 11.3. The first kappa shape index (κ1) is 30.4. The third kappa shape index (κ3) is 30.9. The molecule has 3 nitrogen and oxygen atoms in total. The van der Waals surface area contributed by atoms with Crippen molar-refractivity contribution in [1.29, 1.82) is 0 Å². The monoisotopic (exact) mass is 506 g/mol. The van der Waals surface area contributed by atoms with Crippen molar-refractivity contribution in [3.05, 3.63) is 0 Å². The quantitative estimate of drug-likeness (QED) is 0.0723. The Labute approximate surface area is 187 Å². The molecule has 0 aliphatic heterocycles. The summed E-state index contributed by atoms with van der Waals surface area (Å²) in [6.45, 7) is 9.41. The standard InChI is InChI=1S/C16H32O3.2C4H9.Sn/c1-3-5-7-8-9-10-11-12-13-14-16(17)19-18-15-6-4-2;2*1-3-4-2;/h3-15H2,1-2H3;2*1,3-4H2,2H3;. The molecular weight excluding hydrogens is 455 g/mol. The number of hydrogen-bond acceptors (Lipinski definition) is 3. The Morgan fingerprint density at radius 2 is 1.07 bits per heavy atom. The van der Waals surface area contributed by atoms with Crippen LogP contribution in [0.1, 0.15) is 130 Å². The van der Waals surface area contributed by atoms with E-state index in [0.717, 1.165) is 25.7 Å². The molecule has 0 amide bonds. The Kier molecular flexibility index (Phi) is 32.0. The zero-order valence-corrected chi connectivity index (χ0v) is 22.5. The topological polar surface area (TPSA) is 35.5 Å². The van der Waals surface area contributed by atoms with Crippen molar-refractivity contribution in [3.8, 4) is 0 Å². The van der Waals surface area contributed by atoms with Gasteiger partial charge >= 0.3 is 75.5 Å². The van der Waals surface area contributed by atoms with Gasteiger partial charge in [-0.15, -0.1) is 0 Å². The fraction of sp³-hybridized carbons (Fsp3) is 0.958. The summed E-state index contributed by atoms with van der Waals surface area (Å²) in [7, 11) is 0. The van der Waals surface area contributed by atoms with Gasteiger partial charge in [0, 0.05) is 6.42 Å². The van der Waals surface area contributed by atoms with Crippen molar-refractivity contribution in [2.45, 2.75) is 139 Å². The molecule has 0 unspecified atom stereocenters. The van der Waals surface area contributed by atoms with Crippen LogP contribution in [0.15, 0.2) is 0 Å². The summed E-state index contributed by atoms with van der Waals surface area (Å²) in [6, 6.07) is 0. The van der Waals surface area contributed by atoms with Gasteiger partial charge in [0.25, 0.3) is 0 Å². The van der Waals surface area contributed by atoms with Gasteiger partial charge in [-0.3, -0.25) is 4.89 Å². The minimum atomic E-state index is -0.223. The summed E-state index contributed by atoms with van der Waals surface area (Å²) in [6.07, 6.45) is 19.6. The summed E-state index contributed by atoms with van der Waals surface area (Å²) < 4.78 is 3.25. The van der Waals surface area contributed by atoms with Crippen molar-refractivity contribution < 1.29 is 14.6 Å². The van der Waals surface area contributed by atoms with Crippen molar-refractivity contribution in [2.75, 3.05) is 6.61 Å². The second-order valence-corrected chi connectivity index (χ2v) is 11.9. The Morgan fingerprint density at radius 1 is 0.607 bits per heavy atom. The molecule has 28 heavy (non-hydrogen) atoms.